The molecular formula is C15H12ClN3. The summed E-state index contributed by atoms with van der Waals surface area (Å²) in [4.78, 5) is 0. The van der Waals surface area contributed by atoms with E-state index < -0.39 is 0 Å². The van der Waals surface area contributed by atoms with E-state index in [-0.39, 0.29) is 0 Å². The second-order valence-electron chi connectivity index (χ2n) is 4.20. The first-order valence-electron chi connectivity index (χ1n) is 5.90. The lowest BCUT2D eigenvalue weighted by molar-refractivity contribution is 0.888. The Kier molecular flexibility index (Phi) is 2.97. The average molecular weight is 270 g/mol. The van der Waals surface area contributed by atoms with Crippen molar-refractivity contribution in [1.29, 1.82) is 0 Å². The lowest BCUT2D eigenvalue weighted by Gasteiger charge is -2.09. The summed E-state index contributed by atoms with van der Waals surface area (Å²) >= 11 is 6.26. The van der Waals surface area contributed by atoms with E-state index in [4.69, 9.17) is 17.3 Å². The number of hydrogen-bond donors (Lipinski definition) is 1. The third kappa shape index (κ3) is 2.20. The summed E-state index contributed by atoms with van der Waals surface area (Å²) in [5, 5.41) is 4.98. The number of hydrogen-bond acceptors (Lipinski definition) is 2. The fourth-order valence-electron chi connectivity index (χ4n) is 2.02. The number of nitrogens with two attached hydrogens (primary N) is 1. The molecule has 0 fully saturated rings. The van der Waals surface area contributed by atoms with Crippen LogP contribution in [0.2, 0.25) is 5.02 Å². The lowest BCUT2D eigenvalue weighted by atomic mass is 10.1. The number of aromatic nitrogens is 2. The maximum Gasteiger partial charge on any atom is 0.0755 e. The van der Waals surface area contributed by atoms with Crippen molar-refractivity contribution >= 4 is 17.3 Å². The number of rotatable bonds is 2. The summed E-state index contributed by atoms with van der Waals surface area (Å²) in [6, 6.07) is 17.4. The van der Waals surface area contributed by atoms with E-state index in [1.807, 2.05) is 53.2 Å². The lowest BCUT2D eigenvalue weighted by Crippen LogP contribution is -1.99. The van der Waals surface area contributed by atoms with E-state index in [1.54, 1.807) is 12.3 Å². The summed E-state index contributed by atoms with van der Waals surface area (Å²) in [7, 11) is 0. The minimum atomic E-state index is 0.623. The van der Waals surface area contributed by atoms with Crippen molar-refractivity contribution in [3.8, 4) is 16.9 Å². The molecule has 0 aliphatic carbocycles. The molecule has 0 amide bonds. The van der Waals surface area contributed by atoms with Crippen LogP contribution in [-0.4, -0.2) is 9.78 Å². The van der Waals surface area contributed by atoms with Gasteiger partial charge >= 0.3 is 0 Å². The topological polar surface area (TPSA) is 43.8 Å². The second kappa shape index (κ2) is 4.78. The molecule has 0 aliphatic heterocycles. The summed E-state index contributed by atoms with van der Waals surface area (Å²) in [6.07, 6.45) is 1.76. The van der Waals surface area contributed by atoms with Crippen LogP contribution >= 0.6 is 11.6 Å². The van der Waals surface area contributed by atoms with Gasteiger partial charge in [0.05, 0.1) is 22.6 Å². The molecule has 94 valence electrons. The van der Waals surface area contributed by atoms with Crippen molar-refractivity contribution in [1.82, 2.24) is 9.78 Å². The molecule has 0 unspecified atom stereocenters. The predicted octanol–water partition coefficient (Wildman–Crippen LogP) is 3.77. The smallest absolute Gasteiger partial charge is 0.0755 e. The fourth-order valence-corrected chi connectivity index (χ4v) is 2.31. The van der Waals surface area contributed by atoms with E-state index in [1.165, 1.54) is 0 Å². The van der Waals surface area contributed by atoms with Crippen molar-refractivity contribution in [2.75, 3.05) is 5.73 Å². The van der Waals surface area contributed by atoms with Crippen LogP contribution in [0, 0.1) is 0 Å². The number of anilines is 1. The number of nitrogen functional groups attached to an aromatic ring is 1. The molecular weight excluding hydrogens is 258 g/mol. The van der Waals surface area contributed by atoms with Gasteiger partial charge in [0.1, 0.15) is 0 Å². The highest BCUT2D eigenvalue weighted by molar-refractivity contribution is 6.33. The minimum Gasteiger partial charge on any atom is -0.399 e. The van der Waals surface area contributed by atoms with Crippen LogP contribution in [0.1, 0.15) is 0 Å². The summed E-state index contributed by atoms with van der Waals surface area (Å²) in [5.41, 5.74) is 9.23. The largest absolute Gasteiger partial charge is 0.399 e. The van der Waals surface area contributed by atoms with Crippen molar-refractivity contribution in [2.45, 2.75) is 0 Å². The Morgan fingerprint density at radius 3 is 2.53 bits per heavy atom. The van der Waals surface area contributed by atoms with Gasteiger partial charge in [-0.3, -0.25) is 0 Å². The number of halogens is 1. The molecule has 2 aromatic carbocycles. The fraction of sp³-hybridized carbons (Fsp3) is 0. The second-order valence-corrected chi connectivity index (χ2v) is 4.61. The molecule has 0 atom stereocenters. The molecule has 19 heavy (non-hydrogen) atoms. The van der Waals surface area contributed by atoms with Gasteiger partial charge in [-0.05, 0) is 36.4 Å². The van der Waals surface area contributed by atoms with Gasteiger partial charge in [0.15, 0.2) is 0 Å². The summed E-state index contributed by atoms with van der Waals surface area (Å²) in [6.45, 7) is 0. The maximum absolute atomic E-state index is 6.26. The first-order valence-corrected chi connectivity index (χ1v) is 6.28. The number of nitrogens with zero attached hydrogens (tertiary/aromatic N) is 2. The van der Waals surface area contributed by atoms with Gasteiger partial charge in [0, 0.05) is 11.3 Å². The third-order valence-corrected chi connectivity index (χ3v) is 3.23. The molecule has 1 aromatic heterocycles. The van der Waals surface area contributed by atoms with E-state index in [2.05, 4.69) is 5.10 Å². The van der Waals surface area contributed by atoms with Crippen LogP contribution < -0.4 is 5.73 Å². The zero-order valence-electron chi connectivity index (χ0n) is 10.1. The monoisotopic (exact) mass is 269 g/mol. The Labute approximate surface area is 116 Å². The molecule has 3 aromatic rings. The van der Waals surface area contributed by atoms with Crippen LogP contribution in [-0.2, 0) is 0 Å². The SMILES string of the molecule is Nc1ccc(-c2ccnn2-c2ccccc2)c(Cl)c1. The summed E-state index contributed by atoms with van der Waals surface area (Å²) in [5.74, 6) is 0. The molecule has 0 radical (unpaired) electrons. The molecule has 0 bridgehead atoms. The molecule has 0 aliphatic rings. The zero-order chi connectivity index (χ0) is 13.2. The van der Waals surface area contributed by atoms with E-state index in [0.717, 1.165) is 16.9 Å². The molecule has 0 saturated carbocycles. The van der Waals surface area contributed by atoms with Crippen LogP contribution in [0.4, 0.5) is 5.69 Å². The van der Waals surface area contributed by atoms with Gasteiger partial charge in [-0.25, -0.2) is 4.68 Å². The predicted molar refractivity (Wildman–Crippen MR) is 78.4 cm³/mol. The van der Waals surface area contributed by atoms with Crippen molar-refractivity contribution in [3.63, 3.8) is 0 Å². The summed E-state index contributed by atoms with van der Waals surface area (Å²) < 4.78 is 1.86. The first kappa shape index (κ1) is 11.8. The van der Waals surface area contributed by atoms with E-state index in [9.17, 15) is 0 Å². The average Bonchev–Trinajstić information content (AvgIpc) is 2.89. The Balaban J connectivity index is 2.15. The van der Waals surface area contributed by atoms with Crippen molar-refractivity contribution < 1.29 is 0 Å². The number of para-hydroxylation sites is 1. The van der Waals surface area contributed by atoms with Gasteiger partial charge in [-0.1, -0.05) is 29.8 Å². The highest BCUT2D eigenvalue weighted by Gasteiger charge is 2.10. The van der Waals surface area contributed by atoms with Gasteiger partial charge in [-0.15, -0.1) is 0 Å². The number of benzene rings is 2. The molecule has 2 N–H and O–H groups in total. The highest BCUT2D eigenvalue weighted by atomic mass is 35.5. The van der Waals surface area contributed by atoms with Crippen molar-refractivity contribution in [3.05, 3.63) is 65.8 Å². The Bertz CT molecular complexity index is 704. The molecule has 0 spiro atoms. The first-order chi connectivity index (χ1) is 9.25. The van der Waals surface area contributed by atoms with Crippen LogP contribution in [0.15, 0.2) is 60.8 Å². The third-order valence-electron chi connectivity index (χ3n) is 2.91. The zero-order valence-corrected chi connectivity index (χ0v) is 10.9. The molecule has 3 nitrogen and oxygen atoms in total. The van der Waals surface area contributed by atoms with Gasteiger partial charge in [0.2, 0.25) is 0 Å². The quantitative estimate of drug-likeness (QED) is 0.720. The normalized spacial score (nSPS) is 10.6. The molecule has 0 saturated heterocycles. The van der Waals surface area contributed by atoms with Gasteiger partial charge in [0.25, 0.3) is 0 Å². The highest BCUT2D eigenvalue weighted by Crippen LogP contribution is 2.30. The molecule has 1 heterocycles. The Hall–Kier alpha value is -2.26. The molecule has 4 heteroatoms. The van der Waals surface area contributed by atoms with Crippen LogP contribution in [0.5, 0.6) is 0 Å². The van der Waals surface area contributed by atoms with E-state index in [0.29, 0.717) is 10.7 Å². The van der Waals surface area contributed by atoms with Crippen molar-refractivity contribution in [2.24, 2.45) is 0 Å². The Morgan fingerprint density at radius 2 is 1.79 bits per heavy atom. The maximum atomic E-state index is 6.26. The van der Waals surface area contributed by atoms with Gasteiger partial charge < -0.3 is 5.73 Å². The molecule has 3 rings (SSSR count). The van der Waals surface area contributed by atoms with E-state index >= 15 is 0 Å². The Morgan fingerprint density at radius 1 is 1.00 bits per heavy atom. The van der Waals surface area contributed by atoms with Gasteiger partial charge in [-0.2, -0.15) is 5.10 Å². The minimum absolute atomic E-state index is 0.623. The van der Waals surface area contributed by atoms with Crippen LogP contribution in [0.25, 0.3) is 16.9 Å². The standard InChI is InChI=1S/C15H12ClN3/c16-14-10-11(17)6-7-13(14)15-8-9-18-19(15)12-4-2-1-3-5-12/h1-10H,17H2. The van der Waals surface area contributed by atoms with Crippen LogP contribution in [0.3, 0.4) is 0 Å².